The molecular formula is C14H23N3S. The predicted octanol–water partition coefficient (Wildman–Crippen LogP) is 3.77. The van der Waals surface area contributed by atoms with E-state index in [0.717, 1.165) is 23.9 Å². The van der Waals surface area contributed by atoms with Crippen molar-refractivity contribution in [3.05, 3.63) is 17.6 Å². The summed E-state index contributed by atoms with van der Waals surface area (Å²) in [5.41, 5.74) is 1.21. The molecule has 0 aliphatic carbocycles. The number of hydrogen-bond acceptors (Lipinski definition) is 4. The van der Waals surface area contributed by atoms with Gasteiger partial charge < -0.3 is 5.32 Å². The van der Waals surface area contributed by atoms with Gasteiger partial charge in [-0.3, -0.25) is 0 Å². The van der Waals surface area contributed by atoms with E-state index in [-0.39, 0.29) is 5.41 Å². The number of hydrogen-bond donors (Lipinski definition) is 1. The topological polar surface area (TPSA) is 37.8 Å². The van der Waals surface area contributed by atoms with E-state index in [0.29, 0.717) is 5.25 Å². The van der Waals surface area contributed by atoms with E-state index in [2.05, 4.69) is 44.1 Å². The molecule has 1 aromatic rings. The number of rotatable bonds is 3. The Morgan fingerprint density at radius 3 is 2.72 bits per heavy atom. The van der Waals surface area contributed by atoms with Crippen molar-refractivity contribution in [2.45, 2.75) is 51.2 Å². The molecule has 100 valence electrons. The summed E-state index contributed by atoms with van der Waals surface area (Å²) in [6, 6.07) is 2.09. The molecule has 1 N–H and O–H groups in total. The first-order valence-corrected chi connectivity index (χ1v) is 7.80. The molecule has 1 saturated heterocycles. The fourth-order valence-electron chi connectivity index (χ4n) is 2.05. The number of anilines is 1. The first-order valence-electron chi connectivity index (χ1n) is 6.75. The molecule has 3 nitrogen and oxygen atoms in total. The lowest BCUT2D eigenvalue weighted by Gasteiger charge is -2.20. The van der Waals surface area contributed by atoms with Crippen LogP contribution in [0.3, 0.4) is 0 Å². The Hall–Kier alpha value is -0.770. The van der Waals surface area contributed by atoms with Gasteiger partial charge in [0.2, 0.25) is 0 Å². The predicted molar refractivity (Wildman–Crippen MR) is 79.3 cm³/mol. The van der Waals surface area contributed by atoms with Gasteiger partial charge in [0.25, 0.3) is 0 Å². The molecule has 1 aromatic heterocycles. The van der Waals surface area contributed by atoms with Gasteiger partial charge in [0, 0.05) is 18.0 Å². The monoisotopic (exact) mass is 265 g/mol. The quantitative estimate of drug-likeness (QED) is 0.902. The third-order valence-electron chi connectivity index (χ3n) is 3.09. The zero-order valence-corrected chi connectivity index (χ0v) is 12.6. The lowest BCUT2D eigenvalue weighted by molar-refractivity contribution is 0.561. The van der Waals surface area contributed by atoms with Crippen LogP contribution in [0.15, 0.2) is 6.07 Å². The first kappa shape index (κ1) is 13.7. The Kier molecular flexibility index (Phi) is 4.15. The van der Waals surface area contributed by atoms with Gasteiger partial charge in [0.15, 0.2) is 0 Å². The third kappa shape index (κ3) is 3.16. The molecule has 1 fully saturated rings. The molecule has 1 atom stereocenters. The SMILES string of the molecule is CCNc1cc(C(C)(C)C)nc(C2CCCS2)n1. The van der Waals surface area contributed by atoms with Crippen molar-refractivity contribution in [3.63, 3.8) is 0 Å². The van der Waals surface area contributed by atoms with Gasteiger partial charge in [-0.05, 0) is 25.5 Å². The summed E-state index contributed by atoms with van der Waals surface area (Å²) in [5.74, 6) is 3.23. The second-order valence-electron chi connectivity index (χ2n) is 5.78. The highest BCUT2D eigenvalue weighted by Gasteiger charge is 2.24. The van der Waals surface area contributed by atoms with Crippen LogP contribution >= 0.6 is 11.8 Å². The summed E-state index contributed by atoms with van der Waals surface area (Å²) in [5, 5.41) is 3.81. The molecule has 0 spiro atoms. The van der Waals surface area contributed by atoms with Crippen LogP contribution in [-0.2, 0) is 5.41 Å². The van der Waals surface area contributed by atoms with Crippen molar-refractivity contribution in [2.75, 3.05) is 17.6 Å². The van der Waals surface area contributed by atoms with Gasteiger partial charge in [0.05, 0.1) is 10.9 Å². The van der Waals surface area contributed by atoms with Crippen molar-refractivity contribution >= 4 is 17.6 Å². The van der Waals surface area contributed by atoms with Gasteiger partial charge in [0.1, 0.15) is 11.6 Å². The summed E-state index contributed by atoms with van der Waals surface area (Å²) >= 11 is 1.99. The van der Waals surface area contributed by atoms with Crippen LogP contribution in [-0.4, -0.2) is 22.3 Å². The van der Waals surface area contributed by atoms with Crippen LogP contribution in [0.25, 0.3) is 0 Å². The molecule has 0 bridgehead atoms. The van der Waals surface area contributed by atoms with Crippen molar-refractivity contribution in [1.82, 2.24) is 9.97 Å². The molecule has 0 radical (unpaired) electrons. The molecule has 0 saturated carbocycles. The standard InChI is InChI=1S/C14H23N3S/c1-5-15-12-9-11(14(2,3)4)16-13(17-12)10-7-6-8-18-10/h9-10H,5-8H2,1-4H3,(H,15,16,17). The molecule has 4 heteroatoms. The third-order valence-corrected chi connectivity index (χ3v) is 4.46. The molecule has 0 aromatic carbocycles. The highest BCUT2D eigenvalue weighted by atomic mass is 32.2. The summed E-state index contributed by atoms with van der Waals surface area (Å²) in [6.07, 6.45) is 2.50. The van der Waals surface area contributed by atoms with Crippen LogP contribution in [0.4, 0.5) is 5.82 Å². The molecule has 2 heterocycles. The van der Waals surface area contributed by atoms with E-state index in [1.807, 2.05) is 11.8 Å². The van der Waals surface area contributed by atoms with Gasteiger partial charge in [-0.15, -0.1) is 0 Å². The minimum absolute atomic E-state index is 0.0745. The van der Waals surface area contributed by atoms with E-state index in [9.17, 15) is 0 Å². The molecular weight excluding hydrogens is 242 g/mol. The smallest absolute Gasteiger partial charge is 0.143 e. The van der Waals surface area contributed by atoms with E-state index in [1.54, 1.807) is 0 Å². The fraction of sp³-hybridized carbons (Fsp3) is 0.714. The van der Waals surface area contributed by atoms with Crippen molar-refractivity contribution in [3.8, 4) is 0 Å². The molecule has 1 aliphatic rings. The summed E-state index contributed by atoms with van der Waals surface area (Å²) in [6.45, 7) is 9.62. The molecule has 0 amide bonds. The van der Waals surface area contributed by atoms with Gasteiger partial charge in [-0.1, -0.05) is 20.8 Å². The highest BCUT2D eigenvalue weighted by molar-refractivity contribution is 7.99. The number of thioether (sulfide) groups is 1. The number of nitrogens with zero attached hydrogens (tertiary/aromatic N) is 2. The van der Waals surface area contributed by atoms with Crippen LogP contribution in [0.2, 0.25) is 0 Å². The van der Waals surface area contributed by atoms with Crippen LogP contribution in [0.1, 0.15) is 57.3 Å². The molecule has 1 unspecified atom stereocenters. The lowest BCUT2D eigenvalue weighted by Crippen LogP contribution is -2.17. The fourth-order valence-corrected chi connectivity index (χ4v) is 3.25. The van der Waals surface area contributed by atoms with E-state index in [1.165, 1.54) is 18.6 Å². The summed E-state index contributed by atoms with van der Waals surface area (Å²) in [4.78, 5) is 9.47. The van der Waals surface area contributed by atoms with Crippen LogP contribution in [0, 0.1) is 0 Å². The maximum absolute atomic E-state index is 4.80. The van der Waals surface area contributed by atoms with Crippen LogP contribution in [0.5, 0.6) is 0 Å². The maximum atomic E-state index is 4.80. The average Bonchev–Trinajstić information content (AvgIpc) is 2.81. The number of aromatic nitrogens is 2. The van der Waals surface area contributed by atoms with Gasteiger partial charge in [-0.25, -0.2) is 9.97 Å². The summed E-state index contributed by atoms with van der Waals surface area (Å²) < 4.78 is 0. The van der Waals surface area contributed by atoms with E-state index < -0.39 is 0 Å². The Morgan fingerprint density at radius 2 is 2.17 bits per heavy atom. The Labute approximate surface area is 114 Å². The Bertz CT molecular complexity index is 406. The lowest BCUT2D eigenvalue weighted by atomic mass is 9.92. The zero-order chi connectivity index (χ0) is 13.2. The first-order chi connectivity index (χ1) is 8.50. The second-order valence-corrected chi connectivity index (χ2v) is 7.09. The number of nitrogens with one attached hydrogen (secondary N) is 1. The van der Waals surface area contributed by atoms with E-state index >= 15 is 0 Å². The second kappa shape index (κ2) is 5.47. The normalized spacial score (nSPS) is 20.1. The summed E-state index contributed by atoms with van der Waals surface area (Å²) in [7, 11) is 0. The van der Waals surface area contributed by atoms with Crippen molar-refractivity contribution < 1.29 is 0 Å². The minimum atomic E-state index is 0.0745. The Morgan fingerprint density at radius 1 is 1.39 bits per heavy atom. The Balaban J connectivity index is 2.35. The molecule has 1 aliphatic heterocycles. The molecule has 2 rings (SSSR count). The average molecular weight is 265 g/mol. The van der Waals surface area contributed by atoms with Gasteiger partial charge >= 0.3 is 0 Å². The highest BCUT2D eigenvalue weighted by Crippen LogP contribution is 2.39. The van der Waals surface area contributed by atoms with E-state index in [4.69, 9.17) is 4.98 Å². The van der Waals surface area contributed by atoms with Crippen LogP contribution < -0.4 is 5.32 Å². The van der Waals surface area contributed by atoms with Crippen molar-refractivity contribution in [1.29, 1.82) is 0 Å². The molecule has 18 heavy (non-hydrogen) atoms. The van der Waals surface area contributed by atoms with Crippen molar-refractivity contribution in [2.24, 2.45) is 0 Å². The largest absolute Gasteiger partial charge is 0.370 e. The minimum Gasteiger partial charge on any atom is -0.370 e. The zero-order valence-electron chi connectivity index (χ0n) is 11.8. The van der Waals surface area contributed by atoms with Gasteiger partial charge in [-0.2, -0.15) is 11.8 Å². The maximum Gasteiger partial charge on any atom is 0.143 e.